The summed E-state index contributed by atoms with van der Waals surface area (Å²) in [5.41, 5.74) is 0.815. The van der Waals surface area contributed by atoms with Crippen LogP contribution in [0, 0.1) is 0 Å². The molecule has 18 heavy (non-hydrogen) atoms. The number of halogens is 3. The molecule has 0 atom stereocenters. The van der Waals surface area contributed by atoms with Gasteiger partial charge in [0.25, 0.3) is 0 Å². The van der Waals surface area contributed by atoms with Gasteiger partial charge in [-0.2, -0.15) is 0 Å². The number of rotatable bonds is 3. The third kappa shape index (κ3) is 3.73. The predicted molar refractivity (Wildman–Crippen MR) is 58.0 cm³/mol. The van der Waals surface area contributed by atoms with E-state index < -0.39 is 6.36 Å². The third-order valence-corrected chi connectivity index (χ3v) is 2.14. The van der Waals surface area contributed by atoms with Gasteiger partial charge in [-0.3, -0.25) is 0 Å². The Morgan fingerprint density at radius 1 is 1.00 bits per heavy atom. The van der Waals surface area contributed by atoms with E-state index in [0.717, 1.165) is 5.56 Å². The van der Waals surface area contributed by atoms with E-state index in [1.165, 1.54) is 12.1 Å². The zero-order valence-corrected chi connectivity index (χ0v) is 9.19. The van der Waals surface area contributed by atoms with E-state index in [1.54, 1.807) is 30.6 Å². The third-order valence-electron chi connectivity index (χ3n) is 2.14. The number of alkyl halides is 3. The normalized spacial score (nSPS) is 11.3. The van der Waals surface area contributed by atoms with Crippen LogP contribution in [0.2, 0.25) is 0 Å². The van der Waals surface area contributed by atoms with Gasteiger partial charge >= 0.3 is 6.36 Å². The molecule has 0 aliphatic heterocycles. The Labute approximate surface area is 101 Å². The van der Waals surface area contributed by atoms with Crippen molar-refractivity contribution in [2.75, 3.05) is 0 Å². The lowest BCUT2D eigenvalue weighted by atomic mass is 10.1. The maximum absolute atomic E-state index is 11.9. The molecular formula is C12H9F3N2O. The molecule has 0 saturated heterocycles. The highest BCUT2D eigenvalue weighted by atomic mass is 19.4. The van der Waals surface area contributed by atoms with Crippen LogP contribution < -0.4 is 4.74 Å². The second-order valence-electron chi connectivity index (χ2n) is 3.53. The van der Waals surface area contributed by atoms with Gasteiger partial charge in [0.15, 0.2) is 0 Å². The summed E-state index contributed by atoms with van der Waals surface area (Å²) in [6.07, 6.45) is -0.968. The Balaban J connectivity index is 2.04. The lowest BCUT2D eigenvalue weighted by Gasteiger charge is -2.09. The summed E-state index contributed by atoms with van der Waals surface area (Å²) in [6, 6.07) is 7.34. The molecule has 0 unspecified atom stereocenters. The summed E-state index contributed by atoms with van der Waals surface area (Å²) in [5, 5.41) is 0. The van der Waals surface area contributed by atoms with Crippen LogP contribution >= 0.6 is 0 Å². The van der Waals surface area contributed by atoms with Crippen LogP contribution in [0.5, 0.6) is 5.75 Å². The van der Waals surface area contributed by atoms with Crippen molar-refractivity contribution in [3.8, 4) is 5.75 Å². The van der Waals surface area contributed by atoms with Gasteiger partial charge in [0, 0.05) is 18.8 Å². The molecule has 1 aromatic heterocycles. The van der Waals surface area contributed by atoms with Crippen molar-refractivity contribution in [1.29, 1.82) is 0 Å². The van der Waals surface area contributed by atoms with Gasteiger partial charge in [0.05, 0.1) is 0 Å². The molecule has 0 aliphatic carbocycles. The smallest absolute Gasteiger partial charge is 0.406 e. The molecular weight excluding hydrogens is 245 g/mol. The lowest BCUT2D eigenvalue weighted by Crippen LogP contribution is -2.17. The first-order valence-electron chi connectivity index (χ1n) is 5.13. The summed E-state index contributed by atoms with van der Waals surface area (Å²) in [6.45, 7) is 0. The minimum Gasteiger partial charge on any atom is -0.406 e. The van der Waals surface area contributed by atoms with E-state index in [2.05, 4.69) is 14.7 Å². The molecule has 2 aromatic rings. The van der Waals surface area contributed by atoms with Gasteiger partial charge in [-0.1, -0.05) is 12.1 Å². The van der Waals surface area contributed by atoms with Crippen LogP contribution in [-0.4, -0.2) is 16.3 Å². The molecule has 0 amide bonds. The van der Waals surface area contributed by atoms with Crippen molar-refractivity contribution in [3.05, 3.63) is 54.1 Å². The zero-order valence-electron chi connectivity index (χ0n) is 9.19. The molecule has 0 spiro atoms. The second kappa shape index (κ2) is 5.03. The van der Waals surface area contributed by atoms with Gasteiger partial charge in [-0.25, -0.2) is 9.97 Å². The highest BCUT2D eigenvalue weighted by Gasteiger charge is 2.30. The fraction of sp³-hybridized carbons (Fsp3) is 0.167. The predicted octanol–water partition coefficient (Wildman–Crippen LogP) is 2.97. The van der Waals surface area contributed by atoms with Crippen LogP contribution in [-0.2, 0) is 6.42 Å². The van der Waals surface area contributed by atoms with E-state index in [-0.39, 0.29) is 5.75 Å². The van der Waals surface area contributed by atoms with Crippen molar-refractivity contribution in [2.45, 2.75) is 12.8 Å². The van der Waals surface area contributed by atoms with E-state index in [9.17, 15) is 13.2 Å². The average Bonchev–Trinajstić information content (AvgIpc) is 2.31. The maximum atomic E-state index is 11.9. The van der Waals surface area contributed by atoms with E-state index >= 15 is 0 Å². The molecule has 94 valence electrons. The number of aromatic nitrogens is 2. The van der Waals surface area contributed by atoms with Crippen LogP contribution in [0.25, 0.3) is 0 Å². The molecule has 0 fully saturated rings. The summed E-state index contributed by atoms with van der Waals surface area (Å²) in [5.74, 6) is 0.377. The molecule has 1 heterocycles. The summed E-state index contributed by atoms with van der Waals surface area (Å²) in [7, 11) is 0. The molecule has 0 N–H and O–H groups in total. The molecule has 0 saturated carbocycles. The number of ether oxygens (including phenoxy) is 1. The first-order valence-corrected chi connectivity index (χ1v) is 5.13. The Morgan fingerprint density at radius 2 is 1.61 bits per heavy atom. The van der Waals surface area contributed by atoms with Gasteiger partial charge < -0.3 is 4.74 Å². The van der Waals surface area contributed by atoms with Gasteiger partial charge in [0.1, 0.15) is 11.6 Å². The Hall–Kier alpha value is -2.11. The van der Waals surface area contributed by atoms with Crippen molar-refractivity contribution < 1.29 is 17.9 Å². The summed E-state index contributed by atoms with van der Waals surface area (Å²) < 4.78 is 39.6. The highest BCUT2D eigenvalue weighted by Crippen LogP contribution is 2.23. The standard InChI is InChI=1S/C12H9F3N2O/c13-12(14,15)18-10-4-2-9(3-5-10)8-11-16-6-1-7-17-11/h1-7H,8H2. The molecule has 0 bridgehead atoms. The Bertz CT molecular complexity index is 497. The molecule has 1 aromatic carbocycles. The zero-order chi connectivity index (χ0) is 13.0. The molecule has 3 nitrogen and oxygen atoms in total. The van der Waals surface area contributed by atoms with E-state index in [0.29, 0.717) is 12.2 Å². The highest BCUT2D eigenvalue weighted by molar-refractivity contribution is 5.29. The SMILES string of the molecule is FC(F)(F)Oc1ccc(Cc2ncccn2)cc1. The van der Waals surface area contributed by atoms with Crippen molar-refractivity contribution in [1.82, 2.24) is 9.97 Å². The van der Waals surface area contributed by atoms with Crippen molar-refractivity contribution in [3.63, 3.8) is 0 Å². The quantitative estimate of drug-likeness (QED) is 0.844. The fourth-order valence-electron chi connectivity index (χ4n) is 1.41. The number of nitrogens with zero attached hydrogens (tertiary/aromatic N) is 2. The maximum Gasteiger partial charge on any atom is 0.573 e. The number of benzene rings is 1. The molecule has 2 rings (SSSR count). The van der Waals surface area contributed by atoms with E-state index in [4.69, 9.17) is 0 Å². The minimum absolute atomic E-state index is 0.236. The molecule has 0 radical (unpaired) electrons. The van der Waals surface area contributed by atoms with Crippen LogP contribution in [0.1, 0.15) is 11.4 Å². The van der Waals surface area contributed by atoms with Crippen LogP contribution in [0.4, 0.5) is 13.2 Å². The van der Waals surface area contributed by atoms with Crippen molar-refractivity contribution >= 4 is 0 Å². The second-order valence-corrected chi connectivity index (χ2v) is 3.53. The van der Waals surface area contributed by atoms with Gasteiger partial charge in [-0.05, 0) is 23.8 Å². The van der Waals surface area contributed by atoms with Crippen LogP contribution in [0.15, 0.2) is 42.7 Å². The Morgan fingerprint density at radius 3 is 2.17 bits per heavy atom. The van der Waals surface area contributed by atoms with Gasteiger partial charge in [0.2, 0.25) is 0 Å². The van der Waals surface area contributed by atoms with Crippen molar-refractivity contribution in [2.24, 2.45) is 0 Å². The Kier molecular flexibility index (Phi) is 3.45. The van der Waals surface area contributed by atoms with Crippen LogP contribution in [0.3, 0.4) is 0 Å². The minimum atomic E-state index is -4.66. The monoisotopic (exact) mass is 254 g/mol. The summed E-state index contributed by atoms with van der Waals surface area (Å²) in [4.78, 5) is 8.07. The number of hydrogen-bond acceptors (Lipinski definition) is 3. The molecule has 6 heteroatoms. The number of hydrogen-bond donors (Lipinski definition) is 0. The molecule has 0 aliphatic rings. The topological polar surface area (TPSA) is 35.0 Å². The average molecular weight is 254 g/mol. The first-order chi connectivity index (χ1) is 8.53. The lowest BCUT2D eigenvalue weighted by molar-refractivity contribution is -0.274. The largest absolute Gasteiger partial charge is 0.573 e. The first kappa shape index (κ1) is 12.3. The van der Waals surface area contributed by atoms with Gasteiger partial charge in [-0.15, -0.1) is 13.2 Å². The summed E-state index contributed by atoms with van der Waals surface area (Å²) >= 11 is 0. The fourth-order valence-corrected chi connectivity index (χ4v) is 1.41. The van der Waals surface area contributed by atoms with E-state index in [1.807, 2.05) is 0 Å².